The van der Waals surface area contributed by atoms with Crippen molar-refractivity contribution in [1.82, 2.24) is 0 Å². The summed E-state index contributed by atoms with van der Waals surface area (Å²) in [5.41, 5.74) is 0. The molecule has 29 heteroatoms. The van der Waals surface area contributed by atoms with Crippen molar-refractivity contribution in [3.05, 3.63) is 12.2 Å². The molecular weight excluding hydrogens is 794 g/mol. The maximum absolute atomic E-state index is 14.0. The highest BCUT2D eigenvalue weighted by molar-refractivity contribution is 7.53. The van der Waals surface area contributed by atoms with Crippen LogP contribution in [0.2, 0.25) is 0 Å². The number of rotatable bonds is 18. The van der Waals surface area contributed by atoms with Crippen molar-refractivity contribution in [2.75, 3.05) is 19.4 Å². The normalized spacial score (nSPS) is 16.6. The lowest BCUT2D eigenvalue weighted by Gasteiger charge is -2.41. The predicted octanol–water partition coefficient (Wildman–Crippen LogP) is 10.7. The lowest BCUT2D eigenvalue weighted by Crippen LogP contribution is -2.70. The summed E-state index contributed by atoms with van der Waals surface area (Å²) in [6.07, 6.45) is -19.0. The molecule has 0 heterocycles. The number of alkyl halides is 25. The third-order valence-electron chi connectivity index (χ3n) is 5.87. The van der Waals surface area contributed by atoms with Gasteiger partial charge in [-0.2, -0.15) is 110 Å². The van der Waals surface area contributed by atoms with Crippen LogP contribution in [0.1, 0.15) is 20.3 Å². The molecule has 3 nitrogen and oxygen atoms in total. The van der Waals surface area contributed by atoms with Gasteiger partial charge in [-0.25, -0.2) is 0 Å². The summed E-state index contributed by atoms with van der Waals surface area (Å²) in [6.45, 7) is 0.419. The van der Waals surface area contributed by atoms with E-state index in [2.05, 4.69) is 9.05 Å². The Kier molecular flexibility index (Phi) is 12.8. The number of hydrogen-bond donors (Lipinski definition) is 0. The minimum absolute atomic E-state index is 0.743. The monoisotopic (exact) mass is 810 g/mol. The van der Waals surface area contributed by atoms with Gasteiger partial charge in [0.15, 0.2) is 0 Å². The highest BCUT2D eigenvalue weighted by Crippen LogP contribution is 2.63. The van der Waals surface area contributed by atoms with Crippen LogP contribution in [-0.2, 0) is 13.6 Å². The van der Waals surface area contributed by atoms with E-state index in [4.69, 9.17) is 0 Å². The third kappa shape index (κ3) is 7.41. The first-order valence-corrected chi connectivity index (χ1v) is 13.6. The van der Waals surface area contributed by atoms with E-state index in [1.807, 2.05) is 0 Å². The van der Waals surface area contributed by atoms with Gasteiger partial charge >= 0.3 is 78.9 Å². The summed E-state index contributed by atoms with van der Waals surface area (Å²) in [5.74, 6) is -90.4. The molecule has 0 N–H and O–H groups in total. The van der Waals surface area contributed by atoms with E-state index in [1.54, 1.807) is 0 Å². The quantitative estimate of drug-likeness (QED) is 0.0786. The molecule has 0 atom stereocenters. The van der Waals surface area contributed by atoms with Gasteiger partial charge in [-0.05, 0) is 26.0 Å². The second-order valence-corrected chi connectivity index (χ2v) is 11.5. The van der Waals surface area contributed by atoms with E-state index in [-0.39, 0.29) is 0 Å². The van der Waals surface area contributed by atoms with Crippen LogP contribution in [0.3, 0.4) is 0 Å². The van der Waals surface area contributed by atoms with Crippen LogP contribution in [0.4, 0.5) is 110 Å². The lowest BCUT2D eigenvalue weighted by atomic mass is 9.89. The SMILES string of the molecule is CCOP(=O)(CCC(F)(F)C(F)(F)C(F)(F)C(F)(F)C(F)(F)C(F)(F)C=CC(F)(F)C(F)(F)C(F)(F)C(F)(F)C(F)(F)C(F)(F)F)OCC. The molecule has 0 aliphatic carbocycles. The molecule has 0 rings (SSSR count). The lowest BCUT2D eigenvalue weighted by molar-refractivity contribution is -0.436. The van der Waals surface area contributed by atoms with Crippen LogP contribution in [0.25, 0.3) is 0 Å². The Balaban J connectivity index is 6.89. The summed E-state index contributed by atoms with van der Waals surface area (Å²) < 4.78 is 358. The van der Waals surface area contributed by atoms with Gasteiger partial charge in [0.2, 0.25) is 0 Å². The zero-order chi connectivity index (χ0) is 40.2. The highest BCUT2D eigenvalue weighted by atomic mass is 31.2. The molecule has 0 aromatic heterocycles. The molecule has 0 aromatic carbocycles. The first-order valence-electron chi connectivity index (χ1n) is 11.8. The number of hydrogen-bond acceptors (Lipinski definition) is 3. The second kappa shape index (κ2) is 13.3. The standard InChI is InChI=1S/C20H16F25O3P/c1-3-47-49(46,48-4-2)8-7-11(25,26)14(31,32)16(35,36)15(33,34)12(27,28)9(21,22)5-6-10(23,24)13(29,30)17(37,38)18(39,40)19(41,42)20(43,44)45/h5-6H,3-4,7-8H2,1-2H3. The molecule has 0 radical (unpaired) electrons. The molecule has 294 valence electrons. The van der Waals surface area contributed by atoms with Gasteiger partial charge in [-0.3, -0.25) is 4.57 Å². The van der Waals surface area contributed by atoms with Crippen molar-refractivity contribution in [2.45, 2.75) is 91.6 Å². The second-order valence-electron chi connectivity index (χ2n) is 9.30. The minimum Gasteiger partial charge on any atom is -0.309 e. The number of allylic oxidation sites excluding steroid dienone is 2. The predicted molar refractivity (Wildman–Crippen MR) is 110 cm³/mol. The third-order valence-corrected chi connectivity index (χ3v) is 7.95. The molecule has 0 spiro atoms. The Morgan fingerprint density at radius 2 is 0.694 bits per heavy atom. The molecule has 0 aliphatic rings. The van der Waals surface area contributed by atoms with Gasteiger partial charge in [-0.1, -0.05) is 0 Å². The van der Waals surface area contributed by atoms with Gasteiger partial charge in [0.05, 0.1) is 19.4 Å². The van der Waals surface area contributed by atoms with Crippen molar-refractivity contribution in [1.29, 1.82) is 0 Å². The Bertz CT molecular complexity index is 1210. The Morgan fingerprint density at radius 1 is 0.429 bits per heavy atom. The molecule has 0 unspecified atom stereocenters. The summed E-state index contributed by atoms with van der Waals surface area (Å²) in [4.78, 5) is 0. The van der Waals surface area contributed by atoms with Crippen molar-refractivity contribution in [3.8, 4) is 0 Å². The Labute approximate surface area is 255 Å². The highest BCUT2D eigenvalue weighted by Gasteiger charge is 2.92. The molecule has 0 aliphatic heterocycles. The first kappa shape index (κ1) is 47.1. The fraction of sp³-hybridized carbons (Fsp3) is 0.900. The van der Waals surface area contributed by atoms with Crippen LogP contribution in [-0.4, -0.2) is 90.7 Å². The van der Waals surface area contributed by atoms with Crippen molar-refractivity contribution in [2.24, 2.45) is 0 Å². The van der Waals surface area contributed by atoms with E-state index in [1.165, 1.54) is 0 Å². The maximum atomic E-state index is 14.0. The van der Waals surface area contributed by atoms with E-state index in [0.29, 0.717) is 0 Å². The molecular formula is C20H16F25O3P. The van der Waals surface area contributed by atoms with Crippen molar-refractivity contribution >= 4 is 7.60 Å². The molecule has 0 saturated heterocycles. The zero-order valence-corrected chi connectivity index (χ0v) is 24.0. The van der Waals surface area contributed by atoms with E-state index in [9.17, 15) is 114 Å². The Morgan fingerprint density at radius 3 is 0.959 bits per heavy atom. The first-order chi connectivity index (χ1) is 21.0. The molecule has 0 saturated carbocycles. The summed E-state index contributed by atoms with van der Waals surface area (Å²) >= 11 is 0. The smallest absolute Gasteiger partial charge is 0.309 e. The van der Waals surface area contributed by atoms with Crippen LogP contribution in [0.15, 0.2) is 12.2 Å². The van der Waals surface area contributed by atoms with Crippen molar-refractivity contribution < 1.29 is 123 Å². The number of halogens is 25. The molecule has 0 bridgehead atoms. The van der Waals surface area contributed by atoms with Crippen LogP contribution >= 0.6 is 7.60 Å². The maximum Gasteiger partial charge on any atom is 0.460 e. The topological polar surface area (TPSA) is 35.5 Å². The van der Waals surface area contributed by atoms with Gasteiger partial charge in [0, 0.05) is 6.42 Å². The van der Waals surface area contributed by atoms with Gasteiger partial charge in [0.25, 0.3) is 0 Å². The molecule has 0 amide bonds. The average molecular weight is 810 g/mol. The Hall–Kier alpha value is -1.86. The van der Waals surface area contributed by atoms with Crippen LogP contribution < -0.4 is 0 Å². The van der Waals surface area contributed by atoms with Crippen molar-refractivity contribution in [3.63, 3.8) is 0 Å². The summed E-state index contributed by atoms with van der Waals surface area (Å²) in [5, 5.41) is 0. The van der Waals surface area contributed by atoms with Crippen LogP contribution in [0, 0.1) is 0 Å². The van der Waals surface area contributed by atoms with E-state index in [0.717, 1.165) is 13.8 Å². The van der Waals surface area contributed by atoms with Gasteiger partial charge in [-0.15, -0.1) is 0 Å². The van der Waals surface area contributed by atoms with Gasteiger partial charge < -0.3 is 9.05 Å². The minimum atomic E-state index is -8.75. The van der Waals surface area contributed by atoms with Gasteiger partial charge in [0.1, 0.15) is 0 Å². The summed E-state index contributed by atoms with van der Waals surface area (Å²) in [7, 11) is -4.97. The molecule has 0 aromatic rings. The zero-order valence-electron chi connectivity index (χ0n) is 23.1. The van der Waals surface area contributed by atoms with E-state index < -0.39 is 117 Å². The van der Waals surface area contributed by atoms with E-state index >= 15 is 0 Å². The average Bonchev–Trinajstić information content (AvgIpc) is 2.89. The fourth-order valence-corrected chi connectivity index (χ4v) is 4.70. The van der Waals surface area contributed by atoms with Crippen LogP contribution in [0.5, 0.6) is 0 Å². The molecule has 49 heavy (non-hydrogen) atoms. The summed E-state index contributed by atoms with van der Waals surface area (Å²) in [6, 6.07) is 0. The fourth-order valence-electron chi connectivity index (χ4n) is 3.03. The molecule has 0 fully saturated rings. The largest absolute Gasteiger partial charge is 0.460 e.